The van der Waals surface area contributed by atoms with Gasteiger partial charge < -0.3 is 10.1 Å². The Labute approximate surface area is 156 Å². The van der Waals surface area contributed by atoms with Gasteiger partial charge in [-0.25, -0.2) is 4.98 Å². The average Bonchev–Trinajstić information content (AvgIpc) is 3.37. The van der Waals surface area contributed by atoms with Gasteiger partial charge in [0, 0.05) is 24.2 Å². The van der Waals surface area contributed by atoms with Crippen LogP contribution in [0.1, 0.15) is 24.7 Å². The SMILES string of the molecule is c1cncc(Oc2ccc(-c3nc([C@@H]4CCCN4)n4ccncc34)cc2)c1. The van der Waals surface area contributed by atoms with E-state index in [4.69, 9.17) is 9.72 Å². The molecule has 1 atom stereocenters. The summed E-state index contributed by atoms with van der Waals surface area (Å²) in [6.07, 6.45) is 11.4. The van der Waals surface area contributed by atoms with E-state index in [2.05, 4.69) is 19.7 Å². The molecule has 0 spiro atoms. The van der Waals surface area contributed by atoms with E-state index in [9.17, 15) is 0 Å². The zero-order valence-electron chi connectivity index (χ0n) is 14.7. The fourth-order valence-electron chi connectivity index (χ4n) is 3.55. The molecular formula is C21H19N5O. The zero-order chi connectivity index (χ0) is 18.1. The van der Waals surface area contributed by atoms with Crippen LogP contribution in [0.4, 0.5) is 0 Å². The molecular weight excluding hydrogens is 338 g/mol. The van der Waals surface area contributed by atoms with Gasteiger partial charge in [0.05, 0.1) is 29.6 Å². The van der Waals surface area contributed by atoms with Gasteiger partial charge in [0.25, 0.3) is 0 Å². The standard InChI is InChI=1S/C21H19N5O/c1-3-17(13-22-9-1)27-16-7-5-15(6-8-16)20-19-14-23-11-12-26(19)21(25-20)18-4-2-10-24-18/h1,3,5-9,11-14,18,24H,2,4,10H2/t18-/m0/s1. The monoisotopic (exact) mass is 357 g/mol. The van der Waals surface area contributed by atoms with Gasteiger partial charge in [0.15, 0.2) is 0 Å². The molecule has 3 aromatic heterocycles. The Balaban J connectivity index is 1.50. The molecule has 5 rings (SSSR count). The van der Waals surface area contributed by atoms with Crippen molar-refractivity contribution in [2.75, 3.05) is 6.54 Å². The lowest BCUT2D eigenvalue weighted by molar-refractivity contribution is 0.480. The molecule has 27 heavy (non-hydrogen) atoms. The minimum Gasteiger partial charge on any atom is -0.456 e. The van der Waals surface area contributed by atoms with E-state index >= 15 is 0 Å². The van der Waals surface area contributed by atoms with E-state index in [1.54, 1.807) is 12.4 Å². The van der Waals surface area contributed by atoms with Crippen molar-refractivity contribution in [3.8, 4) is 22.8 Å². The Hall–Kier alpha value is -3.25. The molecule has 1 aromatic carbocycles. The van der Waals surface area contributed by atoms with Gasteiger partial charge in [-0.3, -0.25) is 14.4 Å². The molecule has 0 bridgehead atoms. The largest absolute Gasteiger partial charge is 0.456 e. The summed E-state index contributed by atoms with van der Waals surface area (Å²) in [4.78, 5) is 13.3. The third-order valence-electron chi connectivity index (χ3n) is 4.84. The highest BCUT2D eigenvalue weighted by Gasteiger charge is 2.23. The Morgan fingerprint density at radius 3 is 2.67 bits per heavy atom. The first-order chi connectivity index (χ1) is 13.4. The Kier molecular flexibility index (Phi) is 4.03. The number of hydrogen-bond donors (Lipinski definition) is 1. The van der Waals surface area contributed by atoms with Crippen molar-refractivity contribution >= 4 is 5.52 Å². The molecule has 1 N–H and O–H groups in total. The predicted octanol–water partition coefficient (Wildman–Crippen LogP) is 4.01. The number of nitrogens with zero attached hydrogens (tertiary/aromatic N) is 4. The van der Waals surface area contributed by atoms with Crippen molar-refractivity contribution in [1.29, 1.82) is 0 Å². The summed E-state index contributed by atoms with van der Waals surface area (Å²) in [6.45, 7) is 1.04. The van der Waals surface area contributed by atoms with Crippen molar-refractivity contribution in [3.05, 3.63) is 73.2 Å². The number of aromatic nitrogens is 4. The lowest BCUT2D eigenvalue weighted by atomic mass is 10.1. The Morgan fingerprint density at radius 1 is 1.00 bits per heavy atom. The fourth-order valence-corrected chi connectivity index (χ4v) is 3.55. The molecule has 0 unspecified atom stereocenters. The molecule has 6 heteroatoms. The molecule has 0 saturated carbocycles. The molecule has 1 aliphatic rings. The first-order valence-electron chi connectivity index (χ1n) is 9.12. The van der Waals surface area contributed by atoms with Crippen LogP contribution >= 0.6 is 0 Å². The maximum Gasteiger partial charge on any atom is 0.145 e. The Bertz CT molecular complexity index is 1050. The van der Waals surface area contributed by atoms with E-state index in [0.717, 1.165) is 47.1 Å². The third-order valence-corrected chi connectivity index (χ3v) is 4.84. The molecule has 0 amide bonds. The summed E-state index contributed by atoms with van der Waals surface area (Å²) in [5, 5.41) is 3.54. The van der Waals surface area contributed by atoms with Crippen LogP contribution < -0.4 is 10.1 Å². The van der Waals surface area contributed by atoms with Crippen LogP contribution in [0.2, 0.25) is 0 Å². The van der Waals surface area contributed by atoms with Gasteiger partial charge in [-0.15, -0.1) is 0 Å². The highest BCUT2D eigenvalue weighted by Crippen LogP contribution is 2.31. The van der Waals surface area contributed by atoms with E-state index in [1.807, 2.05) is 55.0 Å². The van der Waals surface area contributed by atoms with Gasteiger partial charge >= 0.3 is 0 Å². The number of hydrogen-bond acceptors (Lipinski definition) is 5. The van der Waals surface area contributed by atoms with Crippen LogP contribution in [-0.4, -0.2) is 25.9 Å². The summed E-state index contributed by atoms with van der Waals surface area (Å²) in [6, 6.07) is 12.0. The lowest BCUT2D eigenvalue weighted by Crippen LogP contribution is -2.15. The third kappa shape index (κ3) is 3.04. The molecule has 0 aliphatic carbocycles. The van der Waals surface area contributed by atoms with Gasteiger partial charge in [-0.1, -0.05) is 0 Å². The summed E-state index contributed by atoms with van der Waals surface area (Å²) >= 11 is 0. The summed E-state index contributed by atoms with van der Waals surface area (Å²) < 4.78 is 7.98. The second-order valence-electron chi connectivity index (χ2n) is 6.61. The highest BCUT2D eigenvalue weighted by molar-refractivity contribution is 5.77. The van der Waals surface area contributed by atoms with Gasteiger partial charge in [0.2, 0.25) is 0 Å². The van der Waals surface area contributed by atoms with Crippen LogP contribution in [0.15, 0.2) is 67.4 Å². The van der Waals surface area contributed by atoms with E-state index in [0.29, 0.717) is 6.04 Å². The number of imidazole rings is 1. The highest BCUT2D eigenvalue weighted by atomic mass is 16.5. The second kappa shape index (κ2) is 6.81. The van der Waals surface area contributed by atoms with E-state index in [-0.39, 0.29) is 0 Å². The molecule has 4 aromatic rings. The first-order valence-corrected chi connectivity index (χ1v) is 9.12. The van der Waals surface area contributed by atoms with E-state index < -0.39 is 0 Å². The van der Waals surface area contributed by atoms with Crippen LogP contribution in [0.5, 0.6) is 11.5 Å². The molecule has 0 radical (unpaired) electrons. The topological polar surface area (TPSA) is 64.3 Å². The van der Waals surface area contributed by atoms with Crippen molar-refractivity contribution in [1.82, 2.24) is 24.7 Å². The maximum absolute atomic E-state index is 5.83. The molecule has 6 nitrogen and oxygen atoms in total. The quantitative estimate of drug-likeness (QED) is 0.598. The van der Waals surface area contributed by atoms with Gasteiger partial charge in [-0.2, -0.15) is 0 Å². The van der Waals surface area contributed by atoms with E-state index in [1.165, 1.54) is 6.42 Å². The zero-order valence-corrected chi connectivity index (χ0v) is 14.7. The van der Waals surface area contributed by atoms with Gasteiger partial charge in [-0.05, 0) is 55.8 Å². The smallest absolute Gasteiger partial charge is 0.145 e. The Morgan fingerprint density at radius 2 is 1.89 bits per heavy atom. The van der Waals surface area contributed by atoms with Crippen LogP contribution in [0.25, 0.3) is 16.8 Å². The maximum atomic E-state index is 5.83. The van der Waals surface area contributed by atoms with Crippen molar-refractivity contribution < 1.29 is 4.74 Å². The van der Waals surface area contributed by atoms with Crippen molar-refractivity contribution in [3.63, 3.8) is 0 Å². The van der Waals surface area contributed by atoms with Crippen molar-refractivity contribution in [2.24, 2.45) is 0 Å². The van der Waals surface area contributed by atoms with Crippen LogP contribution in [0, 0.1) is 0 Å². The van der Waals surface area contributed by atoms with Crippen molar-refractivity contribution in [2.45, 2.75) is 18.9 Å². The molecule has 134 valence electrons. The molecule has 1 fully saturated rings. The molecule has 4 heterocycles. The lowest BCUT2D eigenvalue weighted by Gasteiger charge is -2.08. The first kappa shape index (κ1) is 16.0. The number of nitrogens with one attached hydrogen (secondary N) is 1. The fraction of sp³-hybridized carbons (Fsp3) is 0.190. The normalized spacial score (nSPS) is 16.7. The average molecular weight is 357 g/mol. The minimum atomic E-state index is 0.293. The number of pyridine rings is 1. The number of fused-ring (bicyclic) bond motifs is 1. The molecule has 1 saturated heterocycles. The second-order valence-corrected chi connectivity index (χ2v) is 6.61. The number of ether oxygens (including phenoxy) is 1. The number of rotatable bonds is 4. The van der Waals surface area contributed by atoms with Gasteiger partial charge in [0.1, 0.15) is 17.3 Å². The molecule has 1 aliphatic heterocycles. The minimum absolute atomic E-state index is 0.293. The summed E-state index contributed by atoms with van der Waals surface area (Å²) in [5.41, 5.74) is 3.00. The number of benzene rings is 1. The summed E-state index contributed by atoms with van der Waals surface area (Å²) in [5.74, 6) is 2.54. The summed E-state index contributed by atoms with van der Waals surface area (Å²) in [7, 11) is 0. The van der Waals surface area contributed by atoms with Crippen LogP contribution in [0.3, 0.4) is 0 Å². The van der Waals surface area contributed by atoms with Crippen LogP contribution in [-0.2, 0) is 0 Å². The predicted molar refractivity (Wildman–Crippen MR) is 103 cm³/mol.